The third-order valence-corrected chi connectivity index (χ3v) is 5.99. The van der Waals surface area contributed by atoms with E-state index in [-0.39, 0.29) is 5.91 Å². The second-order valence-electron chi connectivity index (χ2n) is 6.92. The average Bonchev–Trinajstić information content (AvgIpc) is 3.48. The van der Waals surface area contributed by atoms with Crippen molar-refractivity contribution in [2.75, 3.05) is 33.1 Å². The number of amides is 1. The lowest BCUT2D eigenvalue weighted by Gasteiger charge is -2.16. The number of methoxy groups -OCH3 is 2. The molecule has 0 bridgehead atoms. The second kappa shape index (κ2) is 9.21. The van der Waals surface area contributed by atoms with Crippen molar-refractivity contribution in [2.24, 2.45) is 0 Å². The molecule has 0 aliphatic carbocycles. The number of hydrogen-bond donors (Lipinski definition) is 0. The average molecular weight is 425 g/mol. The summed E-state index contributed by atoms with van der Waals surface area (Å²) >= 11 is 1.40. The first-order chi connectivity index (χ1) is 14.7. The van der Waals surface area contributed by atoms with Gasteiger partial charge in [-0.25, -0.2) is 0 Å². The third kappa shape index (κ3) is 4.14. The van der Waals surface area contributed by atoms with Crippen LogP contribution in [0.1, 0.15) is 12.8 Å². The molecule has 1 fully saturated rings. The molecule has 1 aliphatic heterocycles. The van der Waals surface area contributed by atoms with Gasteiger partial charge in [0.2, 0.25) is 5.91 Å². The minimum Gasteiger partial charge on any atom is -0.493 e. The summed E-state index contributed by atoms with van der Waals surface area (Å²) in [4.78, 5) is 14.5. The summed E-state index contributed by atoms with van der Waals surface area (Å²) in [6, 6.07) is 15.6. The Balaban J connectivity index is 1.70. The van der Waals surface area contributed by atoms with Crippen LogP contribution in [0.25, 0.3) is 17.1 Å². The van der Waals surface area contributed by atoms with E-state index in [1.807, 2.05) is 58.0 Å². The van der Waals surface area contributed by atoms with Gasteiger partial charge in [-0.15, -0.1) is 10.2 Å². The Labute approximate surface area is 180 Å². The summed E-state index contributed by atoms with van der Waals surface area (Å²) in [6.45, 7) is 1.69. The number of carbonyl (C=O) groups excluding carboxylic acids is 1. The SMILES string of the molecule is COc1ccc(-n2c(SCC(=O)N3CCCC3)nnc2-c2ccccc2)cc1OC. The molecule has 0 atom stereocenters. The van der Waals surface area contributed by atoms with E-state index >= 15 is 0 Å². The maximum Gasteiger partial charge on any atom is 0.233 e. The van der Waals surface area contributed by atoms with E-state index in [1.54, 1.807) is 14.2 Å². The molecule has 4 rings (SSSR count). The van der Waals surface area contributed by atoms with Crippen LogP contribution in [0.5, 0.6) is 11.5 Å². The van der Waals surface area contributed by atoms with Gasteiger partial charge < -0.3 is 14.4 Å². The lowest BCUT2D eigenvalue weighted by atomic mass is 10.2. The van der Waals surface area contributed by atoms with E-state index in [0.717, 1.165) is 37.2 Å². The highest BCUT2D eigenvalue weighted by Gasteiger charge is 2.22. The van der Waals surface area contributed by atoms with Crippen LogP contribution in [-0.4, -0.2) is 58.6 Å². The monoisotopic (exact) mass is 424 g/mol. The Morgan fingerprint density at radius 2 is 1.73 bits per heavy atom. The standard InChI is InChI=1S/C22H24N4O3S/c1-28-18-11-10-17(14-19(18)29-2)26-21(16-8-4-3-5-9-16)23-24-22(26)30-15-20(27)25-12-6-7-13-25/h3-5,8-11,14H,6-7,12-13,15H2,1-2H3. The van der Waals surface area contributed by atoms with Gasteiger partial charge in [-0.2, -0.15) is 0 Å². The highest BCUT2D eigenvalue weighted by Crippen LogP contribution is 2.33. The topological polar surface area (TPSA) is 69.5 Å². The fourth-order valence-electron chi connectivity index (χ4n) is 3.52. The van der Waals surface area contributed by atoms with Crippen LogP contribution in [-0.2, 0) is 4.79 Å². The molecule has 0 unspecified atom stereocenters. The second-order valence-corrected chi connectivity index (χ2v) is 7.87. The molecule has 7 nitrogen and oxygen atoms in total. The van der Waals surface area contributed by atoms with Crippen molar-refractivity contribution in [2.45, 2.75) is 18.0 Å². The summed E-state index contributed by atoms with van der Waals surface area (Å²) in [5.41, 5.74) is 1.78. The molecular weight excluding hydrogens is 400 g/mol. The normalized spacial score (nSPS) is 13.5. The van der Waals surface area contributed by atoms with Crippen molar-refractivity contribution in [3.05, 3.63) is 48.5 Å². The Bertz CT molecular complexity index is 1020. The first kappa shape index (κ1) is 20.3. The van der Waals surface area contributed by atoms with Crippen LogP contribution in [0.15, 0.2) is 53.7 Å². The van der Waals surface area contributed by atoms with Gasteiger partial charge in [0.25, 0.3) is 0 Å². The molecule has 3 aromatic rings. The number of thioether (sulfide) groups is 1. The lowest BCUT2D eigenvalue weighted by Crippen LogP contribution is -2.29. The molecule has 1 aliphatic rings. The Morgan fingerprint density at radius 3 is 2.43 bits per heavy atom. The third-order valence-electron chi connectivity index (χ3n) is 5.07. The quantitative estimate of drug-likeness (QED) is 0.539. The minimum absolute atomic E-state index is 0.139. The molecule has 1 aromatic heterocycles. The number of nitrogens with zero attached hydrogens (tertiary/aromatic N) is 4. The molecule has 0 N–H and O–H groups in total. The van der Waals surface area contributed by atoms with E-state index in [0.29, 0.717) is 28.2 Å². The van der Waals surface area contributed by atoms with E-state index in [9.17, 15) is 4.79 Å². The smallest absolute Gasteiger partial charge is 0.233 e. The molecule has 8 heteroatoms. The van der Waals surface area contributed by atoms with E-state index in [1.165, 1.54) is 11.8 Å². The van der Waals surface area contributed by atoms with Crippen LogP contribution in [0.2, 0.25) is 0 Å². The maximum absolute atomic E-state index is 12.5. The number of carbonyl (C=O) groups is 1. The molecule has 1 saturated heterocycles. The van der Waals surface area contributed by atoms with Gasteiger partial charge in [0.15, 0.2) is 22.5 Å². The highest BCUT2D eigenvalue weighted by atomic mass is 32.2. The summed E-state index contributed by atoms with van der Waals surface area (Å²) in [7, 11) is 3.22. The number of aromatic nitrogens is 3. The van der Waals surface area contributed by atoms with Crippen LogP contribution in [0, 0.1) is 0 Å². The lowest BCUT2D eigenvalue weighted by molar-refractivity contribution is -0.127. The van der Waals surface area contributed by atoms with Crippen molar-refractivity contribution in [1.29, 1.82) is 0 Å². The molecule has 1 amide bonds. The van der Waals surface area contributed by atoms with Gasteiger partial charge in [0.05, 0.1) is 25.7 Å². The van der Waals surface area contributed by atoms with Crippen molar-refractivity contribution in [3.8, 4) is 28.6 Å². The van der Waals surface area contributed by atoms with Crippen LogP contribution >= 0.6 is 11.8 Å². The zero-order chi connectivity index (χ0) is 20.9. The van der Waals surface area contributed by atoms with Crippen LogP contribution in [0.3, 0.4) is 0 Å². The number of ether oxygens (including phenoxy) is 2. The van der Waals surface area contributed by atoms with E-state index in [4.69, 9.17) is 9.47 Å². The van der Waals surface area contributed by atoms with Crippen molar-refractivity contribution >= 4 is 17.7 Å². The van der Waals surface area contributed by atoms with Crippen molar-refractivity contribution in [3.63, 3.8) is 0 Å². The van der Waals surface area contributed by atoms with Gasteiger partial charge in [0, 0.05) is 24.7 Å². The molecule has 0 spiro atoms. The first-order valence-corrected chi connectivity index (χ1v) is 10.8. The highest BCUT2D eigenvalue weighted by molar-refractivity contribution is 7.99. The fraction of sp³-hybridized carbons (Fsp3) is 0.318. The predicted octanol–water partition coefficient (Wildman–Crippen LogP) is 3.67. The molecule has 0 radical (unpaired) electrons. The van der Waals surface area contributed by atoms with Crippen LogP contribution in [0.4, 0.5) is 0 Å². The molecule has 0 saturated carbocycles. The van der Waals surface area contributed by atoms with Crippen molar-refractivity contribution in [1.82, 2.24) is 19.7 Å². The number of hydrogen-bond acceptors (Lipinski definition) is 6. The van der Waals surface area contributed by atoms with Gasteiger partial charge in [-0.3, -0.25) is 9.36 Å². The van der Waals surface area contributed by atoms with Gasteiger partial charge in [0.1, 0.15) is 0 Å². The van der Waals surface area contributed by atoms with Gasteiger partial charge in [-0.05, 0) is 25.0 Å². The Hall–Kier alpha value is -3.00. The number of likely N-dealkylation sites (tertiary alicyclic amines) is 1. The summed E-state index contributed by atoms with van der Waals surface area (Å²) < 4.78 is 12.8. The minimum atomic E-state index is 0.139. The van der Waals surface area contributed by atoms with E-state index < -0.39 is 0 Å². The summed E-state index contributed by atoms with van der Waals surface area (Å²) in [6.07, 6.45) is 2.16. The molecule has 2 heterocycles. The molecule has 156 valence electrons. The van der Waals surface area contributed by atoms with Gasteiger partial charge in [-0.1, -0.05) is 42.1 Å². The fourth-order valence-corrected chi connectivity index (χ4v) is 4.37. The largest absolute Gasteiger partial charge is 0.493 e. The molecule has 30 heavy (non-hydrogen) atoms. The Kier molecular flexibility index (Phi) is 6.23. The Morgan fingerprint density at radius 1 is 1.00 bits per heavy atom. The zero-order valence-electron chi connectivity index (χ0n) is 17.1. The number of rotatable bonds is 7. The molecular formula is C22H24N4O3S. The molecule has 2 aromatic carbocycles. The van der Waals surface area contributed by atoms with E-state index in [2.05, 4.69) is 10.2 Å². The summed E-state index contributed by atoms with van der Waals surface area (Å²) in [5, 5.41) is 9.49. The number of benzene rings is 2. The van der Waals surface area contributed by atoms with Gasteiger partial charge >= 0.3 is 0 Å². The first-order valence-electron chi connectivity index (χ1n) is 9.85. The van der Waals surface area contributed by atoms with Crippen molar-refractivity contribution < 1.29 is 14.3 Å². The maximum atomic E-state index is 12.5. The predicted molar refractivity (Wildman–Crippen MR) is 116 cm³/mol. The zero-order valence-corrected chi connectivity index (χ0v) is 17.9. The summed E-state index contributed by atoms with van der Waals surface area (Å²) in [5.74, 6) is 2.44. The van der Waals surface area contributed by atoms with Crippen LogP contribution < -0.4 is 9.47 Å².